The molecule has 10 heteroatoms. The van der Waals surface area contributed by atoms with Crippen LogP contribution < -0.4 is 22.3 Å². The van der Waals surface area contributed by atoms with Gasteiger partial charge in [0.15, 0.2) is 0 Å². The fourth-order valence-electron chi connectivity index (χ4n) is 1.05. The maximum atomic E-state index is 11.8. The highest BCUT2D eigenvalue weighted by Gasteiger charge is 2.27. The predicted molar refractivity (Wildman–Crippen MR) is 54.8 cm³/mol. The molecule has 0 bridgehead atoms. The van der Waals surface area contributed by atoms with Crippen LogP contribution in [0.25, 0.3) is 0 Å². The molecule has 1 aromatic heterocycles. The van der Waals surface area contributed by atoms with Crippen molar-refractivity contribution in [2.75, 3.05) is 12.3 Å². The summed E-state index contributed by atoms with van der Waals surface area (Å²) in [6, 6.07) is 0. The van der Waals surface area contributed by atoms with E-state index in [2.05, 4.69) is 0 Å². The molecule has 0 fully saturated rings. The maximum absolute atomic E-state index is 11.8. The highest BCUT2D eigenvalue weighted by molar-refractivity contribution is 5.75. The number of H-pyrrole nitrogens is 1. The largest absolute Gasteiger partial charge is 0.405 e. The van der Waals surface area contributed by atoms with Crippen LogP contribution in [0.3, 0.4) is 0 Å². The van der Waals surface area contributed by atoms with Gasteiger partial charge in [-0.05, 0) is 0 Å². The number of nitrogens with one attached hydrogen (secondary N) is 2. The average Bonchev–Trinajstić information content (AvgIpc) is 2.22. The number of nitrogens with zero attached hydrogens (tertiary/aromatic N) is 1. The lowest BCUT2D eigenvalue weighted by atomic mass is 10.5. The Balaban J connectivity index is 2.74. The summed E-state index contributed by atoms with van der Waals surface area (Å²) < 4.78 is 36.1. The van der Waals surface area contributed by atoms with Gasteiger partial charge in [0.2, 0.25) is 5.91 Å². The summed E-state index contributed by atoms with van der Waals surface area (Å²) in [5, 5.41) is 1.58. The van der Waals surface area contributed by atoms with Crippen LogP contribution in [-0.2, 0) is 11.3 Å². The van der Waals surface area contributed by atoms with Crippen molar-refractivity contribution in [2.45, 2.75) is 12.7 Å². The Kier molecular flexibility index (Phi) is 3.79. The number of nitrogens with two attached hydrogens (primary N) is 1. The summed E-state index contributed by atoms with van der Waals surface area (Å²) in [6.45, 7) is -2.17. The third-order valence-electron chi connectivity index (χ3n) is 1.84. The Hall–Kier alpha value is -2.26. The van der Waals surface area contributed by atoms with Crippen molar-refractivity contribution in [1.29, 1.82) is 0 Å². The molecule has 4 N–H and O–H groups in total. The van der Waals surface area contributed by atoms with E-state index in [0.29, 0.717) is 4.57 Å². The van der Waals surface area contributed by atoms with Gasteiger partial charge in [0.25, 0.3) is 5.56 Å². The monoisotopic (exact) mass is 266 g/mol. The summed E-state index contributed by atoms with van der Waals surface area (Å²) >= 11 is 0. The zero-order valence-electron chi connectivity index (χ0n) is 8.87. The maximum Gasteiger partial charge on any atom is 0.405 e. The Morgan fingerprint density at radius 3 is 2.61 bits per heavy atom. The summed E-state index contributed by atoms with van der Waals surface area (Å²) in [4.78, 5) is 35.0. The highest BCUT2D eigenvalue weighted by atomic mass is 19.4. The minimum atomic E-state index is -4.54. The molecule has 1 amide bonds. The molecule has 1 aromatic rings. The molecule has 7 nitrogen and oxygen atoms in total. The summed E-state index contributed by atoms with van der Waals surface area (Å²) in [7, 11) is 0. The van der Waals surface area contributed by atoms with E-state index in [4.69, 9.17) is 5.73 Å². The van der Waals surface area contributed by atoms with Gasteiger partial charge in [-0.2, -0.15) is 13.2 Å². The summed E-state index contributed by atoms with van der Waals surface area (Å²) in [6.07, 6.45) is -3.65. The molecule has 0 aliphatic heterocycles. The van der Waals surface area contributed by atoms with E-state index in [9.17, 15) is 27.6 Å². The highest BCUT2D eigenvalue weighted by Crippen LogP contribution is 2.11. The smallest absolute Gasteiger partial charge is 0.393 e. The van der Waals surface area contributed by atoms with Crippen LogP contribution in [0.2, 0.25) is 0 Å². The number of nitrogen functional groups attached to an aromatic ring is 1. The first-order valence-corrected chi connectivity index (χ1v) is 4.62. The molecule has 0 spiro atoms. The Morgan fingerprint density at radius 1 is 1.44 bits per heavy atom. The SMILES string of the molecule is Nc1cn(CC(=O)NCC(F)(F)F)c(=O)[nH]c1=O. The molecule has 0 aliphatic carbocycles. The number of aromatic nitrogens is 2. The summed E-state index contributed by atoms with van der Waals surface area (Å²) in [5.74, 6) is -1.03. The molecule has 0 aliphatic rings. The minimum absolute atomic E-state index is 0.321. The van der Waals surface area contributed by atoms with E-state index >= 15 is 0 Å². The van der Waals surface area contributed by atoms with Gasteiger partial charge in [-0.1, -0.05) is 0 Å². The Bertz CT molecular complexity index is 560. The van der Waals surface area contributed by atoms with E-state index in [1.165, 1.54) is 0 Å². The molecule has 0 saturated heterocycles. The molecule has 0 unspecified atom stereocenters. The molecule has 0 radical (unpaired) electrons. The third kappa shape index (κ3) is 3.96. The number of carbonyl (C=O) groups excluding carboxylic acids is 1. The molecule has 1 rings (SSSR count). The van der Waals surface area contributed by atoms with Crippen LogP contribution in [0.1, 0.15) is 0 Å². The van der Waals surface area contributed by atoms with Crippen LogP contribution >= 0.6 is 0 Å². The lowest BCUT2D eigenvalue weighted by Crippen LogP contribution is -2.39. The zero-order valence-corrected chi connectivity index (χ0v) is 8.87. The lowest BCUT2D eigenvalue weighted by molar-refractivity contribution is -0.138. The first-order chi connectivity index (χ1) is 8.19. The van der Waals surface area contributed by atoms with Crippen molar-refractivity contribution in [1.82, 2.24) is 14.9 Å². The Labute approximate surface area is 97.4 Å². The number of alkyl halides is 3. The van der Waals surface area contributed by atoms with Crippen LogP contribution in [0.15, 0.2) is 15.8 Å². The molecule has 0 atom stereocenters. The van der Waals surface area contributed by atoms with Gasteiger partial charge >= 0.3 is 11.9 Å². The third-order valence-corrected chi connectivity index (χ3v) is 1.84. The number of halogens is 3. The van der Waals surface area contributed by atoms with Crippen LogP contribution in [0.5, 0.6) is 0 Å². The average molecular weight is 266 g/mol. The van der Waals surface area contributed by atoms with Crippen LogP contribution in [0.4, 0.5) is 18.9 Å². The molecular formula is C8H9F3N4O3. The molecule has 0 aromatic carbocycles. The van der Waals surface area contributed by atoms with E-state index < -0.39 is 36.4 Å². The van der Waals surface area contributed by atoms with Crippen molar-refractivity contribution < 1.29 is 18.0 Å². The quantitative estimate of drug-likeness (QED) is 0.638. The van der Waals surface area contributed by atoms with Gasteiger partial charge in [-0.3, -0.25) is 19.1 Å². The van der Waals surface area contributed by atoms with Gasteiger partial charge in [0, 0.05) is 6.20 Å². The van der Waals surface area contributed by atoms with Crippen molar-refractivity contribution in [3.8, 4) is 0 Å². The topological polar surface area (TPSA) is 110 Å². The van der Waals surface area contributed by atoms with E-state index in [0.717, 1.165) is 6.20 Å². The predicted octanol–water partition coefficient (Wildman–Crippen LogP) is -1.20. The number of hydrogen-bond acceptors (Lipinski definition) is 4. The van der Waals surface area contributed by atoms with Gasteiger partial charge in [0.1, 0.15) is 18.8 Å². The number of anilines is 1. The standard InChI is InChI=1S/C8H9F3N4O3/c9-8(10,11)3-13-5(16)2-15-1-4(12)6(17)14-7(15)18/h1H,2-3,12H2,(H,13,16)(H,14,17,18). The summed E-state index contributed by atoms with van der Waals surface area (Å²) in [5.41, 5.74) is 3.11. The van der Waals surface area contributed by atoms with Crippen molar-refractivity contribution in [2.24, 2.45) is 0 Å². The number of aromatic amines is 1. The number of carbonyl (C=O) groups is 1. The van der Waals surface area contributed by atoms with E-state index in [1.807, 2.05) is 4.98 Å². The van der Waals surface area contributed by atoms with Gasteiger partial charge < -0.3 is 11.1 Å². The lowest BCUT2D eigenvalue weighted by Gasteiger charge is -2.09. The Morgan fingerprint density at radius 2 is 2.06 bits per heavy atom. The van der Waals surface area contributed by atoms with E-state index in [-0.39, 0.29) is 5.69 Å². The second-order valence-corrected chi connectivity index (χ2v) is 3.36. The fraction of sp³-hybridized carbons (Fsp3) is 0.375. The van der Waals surface area contributed by atoms with Crippen LogP contribution in [0, 0.1) is 0 Å². The first kappa shape index (κ1) is 13.8. The normalized spacial score (nSPS) is 11.3. The van der Waals surface area contributed by atoms with Crippen molar-refractivity contribution >= 4 is 11.6 Å². The van der Waals surface area contributed by atoms with Gasteiger partial charge in [-0.15, -0.1) is 0 Å². The van der Waals surface area contributed by atoms with E-state index in [1.54, 1.807) is 5.32 Å². The second kappa shape index (κ2) is 4.94. The van der Waals surface area contributed by atoms with Crippen molar-refractivity contribution in [3.63, 3.8) is 0 Å². The molecule has 0 saturated carbocycles. The number of amides is 1. The van der Waals surface area contributed by atoms with Gasteiger partial charge in [-0.25, -0.2) is 4.79 Å². The molecule has 18 heavy (non-hydrogen) atoms. The molecular weight excluding hydrogens is 257 g/mol. The zero-order chi connectivity index (χ0) is 13.9. The van der Waals surface area contributed by atoms with Crippen molar-refractivity contribution in [3.05, 3.63) is 27.0 Å². The minimum Gasteiger partial charge on any atom is -0.393 e. The first-order valence-electron chi connectivity index (χ1n) is 4.62. The molecule has 1 heterocycles. The van der Waals surface area contributed by atoms with Crippen LogP contribution in [-0.4, -0.2) is 28.2 Å². The molecule has 100 valence electrons. The fourth-order valence-corrected chi connectivity index (χ4v) is 1.05. The number of rotatable bonds is 3. The van der Waals surface area contributed by atoms with Gasteiger partial charge in [0.05, 0.1) is 0 Å². The number of hydrogen-bond donors (Lipinski definition) is 3. The second-order valence-electron chi connectivity index (χ2n) is 3.36.